The molecule has 3 rings (SSSR count). The minimum atomic E-state index is -0.882. The lowest BCUT2D eigenvalue weighted by molar-refractivity contribution is -0.137. The molecule has 2 aromatic rings. The number of halogens is 2. The van der Waals surface area contributed by atoms with Crippen molar-refractivity contribution in [3.63, 3.8) is 0 Å². The van der Waals surface area contributed by atoms with Gasteiger partial charge in [-0.25, -0.2) is 13.8 Å². The molecule has 1 aromatic heterocycles. The molecule has 0 atom stereocenters. The predicted molar refractivity (Wildman–Crippen MR) is 97.8 cm³/mol. The lowest BCUT2D eigenvalue weighted by Gasteiger charge is -2.13. The summed E-state index contributed by atoms with van der Waals surface area (Å²) in [6.45, 7) is 0.855. The van der Waals surface area contributed by atoms with Gasteiger partial charge in [0.1, 0.15) is 17.3 Å². The number of nitrogens with one attached hydrogen (secondary N) is 1. The number of hydrogen-bond acceptors (Lipinski definition) is 4. The molecule has 1 heterocycles. The Morgan fingerprint density at radius 2 is 2.00 bits per heavy atom. The van der Waals surface area contributed by atoms with Crippen LogP contribution in [0.5, 0.6) is 5.88 Å². The minimum absolute atomic E-state index is 0.0379. The normalized spacial score (nSPS) is 13.4. The van der Waals surface area contributed by atoms with Gasteiger partial charge in [0.05, 0.1) is 6.61 Å². The first-order chi connectivity index (χ1) is 13.0. The van der Waals surface area contributed by atoms with Crippen LogP contribution in [-0.4, -0.2) is 29.2 Å². The average Bonchev–Trinajstić information content (AvgIpc) is 3.46. The van der Waals surface area contributed by atoms with E-state index in [-0.39, 0.29) is 12.1 Å². The van der Waals surface area contributed by atoms with Crippen molar-refractivity contribution >= 4 is 11.7 Å². The molecule has 5 nitrogen and oxygen atoms in total. The van der Waals surface area contributed by atoms with E-state index < -0.39 is 17.6 Å². The summed E-state index contributed by atoms with van der Waals surface area (Å²) in [5.41, 5.74) is 0.697. The Hall–Kier alpha value is -2.70. The van der Waals surface area contributed by atoms with Crippen molar-refractivity contribution < 1.29 is 23.4 Å². The Labute approximate surface area is 156 Å². The number of pyridine rings is 1. The second-order valence-corrected chi connectivity index (χ2v) is 6.70. The van der Waals surface area contributed by atoms with E-state index in [0.717, 1.165) is 12.8 Å². The molecule has 2 N–H and O–H groups in total. The quantitative estimate of drug-likeness (QED) is 0.598. The summed E-state index contributed by atoms with van der Waals surface area (Å²) in [6, 6.07) is 5.93. The molecule has 0 spiro atoms. The molecule has 0 bridgehead atoms. The summed E-state index contributed by atoms with van der Waals surface area (Å²) in [6.07, 6.45) is 4.86. The number of aliphatic carboxylic acids is 1. The van der Waals surface area contributed by atoms with Crippen molar-refractivity contribution in [1.29, 1.82) is 0 Å². The lowest BCUT2D eigenvalue weighted by Crippen LogP contribution is -2.07. The van der Waals surface area contributed by atoms with Gasteiger partial charge < -0.3 is 15.2 Å². The minimum Gasteiger partial charge on any atom is -0.481 e. The molecule has 7 heteroatoms. The Morgan fingerprint density at radius 3 is 2.67 bits per heavy atom. The molecule has 144 valence electrons. The van der Waals surface area contributed by atoms with Crippen LogP contribution in [0, 0.1) is 17.6 Å². The van der Waals surface area contributed by atoms with Crippen molar-refractivity contribution in [3.05, 3.63) is 42.1 Å². The first-order valence-electron chi connectivity index (χ1n) is 9.07. The van der Waals surface area contributed by atoms with Gasteiger partial charge in [-0.1, -0.05) is 0 Å². The maximum absolute atomic E-state index is 14.4. The molecule has 0 aliphatic heterocycles. The van der Waals surface area contributed by atoms with E-state index in [1.165, 1.54) is 12.1 Å². The number of anilines is 1. The van der Waals surface area contributed by atoms with Gasteiger partial charge in [0.25, 0.3) is 0 Å². The number of carboxylic acid groups (broad SMARTS) is 1. The van der Waals surface area contributed by atoms with Gasteiger partial charge in [-0.2, -0.15) is 0 Å². The van der Waals surface area contributed by atoms with E-state index in [0.29, 0.717) is 48.9 Å². The molecule has 1 fully saturated rings. The summed E-state index contributed by atoms with van der Waals surface area (Å²) in [5, 5.41) is 11.3. The zero-order valence-electron chi connectivity index (χ0n) is 14.9. The molecule has 0 unspecified atom stereocenters. The third-order valence-electron chi connectivity index (χ3n) is 4.40. The van der Waals surface area contributed by atoms with Gasteiger partial charge in [-0.05, 0) is 61.4 Å². The van der Waals surface area contributed by atoms with E-state index >= 15 is 0 Å². The SMILES string of the molecule is O=C(O)CCCCNc1c(F)cc(-c2cccnc2OCC2CC2)cc1F. The highest BCUT2D eigenvalue weighted by Crippen LogP contribution is 2.34. The third-order valence-corrected chi connectivity index (χ3v) is 4.40. The fourth-order valence-corrected chi connectivity index (χ4v) is 2.72. The largest absolute Gasteiger partial charge is 0.481 e. The Bertz CT molecular complexity index is 787. The van der Waals surface area contributed by atoms with Crippen molar-refractivity contribution in [1.82, 2.24) is 4.98 Å². The van der Waals surface area contributed by atoms with Gasteiger partial charge in [0.2, 0.25) is 5.88 Å². The third kappa shape index (κ3) is 5.39. The van der Waals surface area contributed by atoms with Crippen molar-refractivity contribution in [2.24, 2.45) is 5.92 Å². The van der Waals surface area contributed by atoms with Crippen LogP contribution in [0.25, 0.3) is 11.1 Å². The van der Waals surface area contributed by atoms with E-state index in [1.807, 2.05) is 0 Å². The monoisotopic (exact) mass is 376 g/mol. The highest BCUT2D eigenvalue weighted by Gasteiger charge is 2.23. The summed E-state index contributed by atoms with van der Waals surface area (Å²) in [7, 11) is 0. The highest BCUT2D eigenvalue weighted by atomic mass is 19.1. The van der Waals surface area contributed by atoms with E-state index in [4.69, 9.17) is 9.84 Å². The zero-order chi connectivity index (χ0) is 19.2. The zero-order valence-corrected chi connectivity index (χ0v) is 14.9. The number of nitrogens with zero attached hydrogens (tertiary/aromatic N) is 1. The molecular weight excluding hydrogens is 354 g/mol. The lowest BCUT2D eigenvalue weighted by atomic mass is 10.1. The molecular formula is C20H22F2N2O3. The van der Waals surface area contributed by atoms with Gasteiger partial charge in [0, 0.05) is 24.7 Å². The number of carbonyl (C=O) groups is 1. The maximum atomic E-state index is 14.4. The van der Waals surface area contributed by atoms with Crippen LogP contribution in [0.15, 0.2) is 30.5 Å². The summed E-state index contributed by atoms with van der Waals surface area (Å²) < 4.78 is 34.6. The van der Waals surface area contributed by atoms with Gasteiger partial charge in [-0.3, -0.25) is 4.79 Å². The fourth-order valence-electron chi connectivity index (χ4n) is 2.72. The van der Waals surface area contributed by atoms with Crippen LogP contribution in [0.4, 0.5) is 14.5 Å². The maximum Gasteiger partial charge on any atom is 0.303 e. The number of benzene rings is 1. The number of unbranched alkanes of at least 4 members (excludes halogenated alkanes) is 1. The van der Waals surface area contributed by atoms with Crippen LogP contribution in [0.1, 0.15) is 32.1 Å². The standard InChI is InChI=1S/C20H22F2N2O3/c21-16-10-14(11-17(22)19(16)23-8-2-1-5-18(25)26)15-4-3-9-24-20(15)27-12-13-6-7-13/h3-4,9-11,13,23H,1-2,5-8,12H2,(H,25,26). The molecule has 1 aliphatic rings. The molecule has 27 heavy (non-hydrogen) atoms. The van der Waals surface area contributed by atoms with Crippen LogP contribution in [-0.2, 0) is 4.79 Å². The second kappa shape index (κ2) is 8.79. The molecule has 1 aromatic carbocycles. The van der Waals surface area contributed by atoms with E-state index in [9.17, 15) is 13.6 Å². The van der Waals surface area contributed by atoms with Crippen LogP contribution >= 0.6 is 0 Å². The summed E-state index contributed by atoms with van der Waals surface area (Å²) >= 11 is 0. The summed E-state index contributed by atoms with van der Waals surface area (Å²) in [4.78, 5) is 14.7. The second-order valence-electron chi connectivity index (χ2n) is 6.70. The number of hydrogen-bond donors (Lipinski definition) is 2. The van der Waals surface area contributed by atoms with E-state index in [1.54, 1.807) is 18.3 Å². The molecule has 0 saturated heterocycles. The predicted octanol–water partition coefficient (Wildman–Crippen LogP) is 4.48. The Morgan fingerprint density at radius 1 is 1.26 bits per heavy atom. The Balaban J connectivity index is 1.69. The van der Waals surface area contributed by atoms with E-state index in [2.05, 4.69) is 10.3 Å². The molecule has 1 aliphatic carbocycles. The number of ether oxygens (including phenoxy) is 1. The van der Waals surface area contributed by atoms with Crippen LogP contribution in [0.2, 0.25) is 0 Å². The first-order valence-corrected chi connectivity index (χ1v) is 9.07. The van der Waals surface area contributed by atoms with Gasteiger partial charge in [-0.15, -0.1) is 0 Å². The van der Waals surface area contributed by atoms with Crippen molar-refractivity contribution in [3.8, 4) is 17.0 Å². The number of carboxylic acids is 1. The van der Waals surface area contributed by atoms with Gasteiger partial charge in [0.15, 0.2) is 0 Å². The van der Waals surface area contributed by atoms with Gasteiger partial charge >= 0.3 is 5.97 Å². The molecule has 0 radical (unpaired) electrons. The molecule has 1 saturated carbocycles. The fraction of sp³-hybridized carbons (Fsp3) is 0.400. The van der Waals surface area contributed by atoms with Crippen molar-refractivity contribution in [2.45, 2.75) is 32.1 Å². The Kier molecular flexibility index (Phi) is 6.21. The van der Waals surface area contributed by atoms with Crippen molar-refractivity contribution in [2.75, 3.05) is 18.5 Å². The smallest absolute Gasteiger partial charge is 0.303 e. The topological polar surface area (TPSA) is 71.5 Å². The number of rotatable bonds is 10. The average molecular weight is 376 g/mol. The summed E-state index contributed by atoms with van der Waals surface area (Å²) in [5.74, 6) is -1.38. The first kappa shape index (κ1) is 19.1. The number of aromatic nitrogens is 1. The van der Waals surface area contributed by atoms with Crippen LogP contribution < -0.4 is 10.1 Å². The molecule has 0 amide bonds. The highest BCUT2D eigenvalue weighted by molar-refractivity contribution is 5.71. The van der Waals surface area contributed by atoms with Crippen LogP contribution in [0.3, 0.4) is 0 Å².